The Morgan fingerprint density at radius 2 is 1.79 bits per heavy atom. The maximum atomic E-state index is 14.4. The summed E-state index contributed by atoms with van der Waals surface area (Å²) in [5.74, 6) is -1.86. The second kappa shape index (κ2) is 13.1. The fraction of sp³-hybridized carbons (Fsp3) is 0.759. The number of unbranched alkanes of at least 4 members (excludes halogenated alkanes) is 1. The standard InChI is InChI=1S/C29H46BrN3O5/c1-7-11-15-32(14-10-4)28(37)25-29-17-21(30)24(38-29)22(26(35)31(12-8-2)13-9-3)23(29)27(36)33(25)20(18-34)16-19(5)6/h8,10,19-25,34H,2,4,7,9,11-18H2,1,3,5-6H3/t20-,21?,22-,23+,24-,25?,29?/m1/s1. The van der Waals surface area contributed by atoms with Gasteiger partial charge in [0.1, 0.15) is 11.6 Å². The average Bonchev–Trinajstić information content (AvgIpc) is 3.47. The van der Waals surface area contributed by atoms with Gasteiger partial charge in [0.05, 0.1) is 30.6 Å². The van der Waals surface area contributed by atoms with Crippen LogP contribution in [-0.4, -0.2) is 98.9 Å². The lowest BCUT2D eigenvalue weighted by atomic mass is 9.70. The highest BCUT2D eigenvalue weighted by molar-refractivity contribution is 9.09. The molecule has 0 saturated carbocycles. The fourth-order valence-corrected chi connectivity index (χ4v) is 7.68. The number of hydrogen-bond acceptors (Lipinski definition) is 5. The summed E-state index contributed by atoms with van der Waals surface area (Å²) in [6.07, 6.45) is 6.42. The molecule has 0 aliphatic carbocycles. The van der Waals surface area contributed by atoms with Gasteiger partial charge in [0.15, 0.2) is 0 Å². The van der Waals surface area contributed by atoms with Crippen LogP contribution in [-0.2, 0) is 19.1 Å². The molecule has 3 rings (SSSR count). The van der Waals surface area contributed by atoms with Crippen molar-refractivity contribution in [2.75, 3.05) is 32.8 Å². The van der Waals surface area contributed by atoms with Crippen molar-refractivity contribution >= 4 is 33.7 Å². The maximum absolute atomic E-state index is 14.4. The van der Waals surface area contributed by atoms with Crippen molar-refractivity contribution in [2.24, 2.45) is 17.8 Å². The van der Waals surface area contributed by atoms with Crippen LogP contribution in [0.4, 0.5) is 0 Å². The molecule has 2 bridgehead atoms. The fourth-order valence-electron chi connectivity index (χ4n) is 6.74. The van der Waals surface area contributed by atoms with Crippen LogP contribution in [0.15, 0.2) is 25.3 Å². The molecular formula is C29H46BrN3O5. The van der Waals surface area contributed by atoms with Crippen LogP contribution < -0.4 is 0 Å². The number of ether oxygens (including phenoxy) is 1. The monoisotopic (exact) mass is 595 g/mol. The molecule has 9 heteroatoms. The molecule has 3 saturated heterocycles. The van der Waals surface area contributed by atoms with Crippen LogP contribution in [0.5, 0.6) is 0 Å². The highest BCUT2D eigenvalue weighted by atomic mass is 79.9. The van der Waals surface area contributed by atoms with E-state index in [4.69, 9.17) is 4.74 Å². The van der Waals surface area contributed by atoms with Gasteiger partial charge in [0.25, 0.3) is 0 Å². The van der Waals surface area contributed by atoms with Crippen LogP contribution in [0, 0.1) is 17.8 Å². The average molecular weight is 597 g/mol. The number of aliphatic hydroxyl groups is 1. The molecule has 1 spiro atoms. The molecule has 1 N–H and O–H groups in total. The molecule has 0 aromatic carbocycles. The van der Waals surface area contributed by atoms with Crippen LogP contribution >= 0.6 is 15.9 Å². The number of rotatable bonds is 15. The number of hydrogen-bond donors (Lipinski definition) is 1. The lowest BCUT2D eigenvalue weighted by Crippen LogP contribution is -2.59. The van der Waals surface area contributed by atoms with E-state index in [1.165, 1.54) is 0 Å². The number of fused-ring (bicyclic) bond motifs is 1. The smallest absolute Gasteiger partial charge is 0.248 e. The van der Waals surface area contributed by atoms with Gasteiger partial charge in [-0.3, -0.25) is 14.4 Å². The van der Waals surface area contributed by atoms with Crippen molar-refractivity contribution < 1.29 is 24.2 Å². The van der Waals surface area contributed by atoms with E-state index in [2.05, 4.69) is 36.0 Å². The van der Waals surface area contributed by atoms with E-state index in [-0.39, 0.29) is 35.1 Å². The molecule has 214 valence electrons. The summed E-state index contributed by atoms with van der Waals surface area (Å²) in [4.78, 5) is 47.6. The second-order valence-electron chi connectivity index (χ2n) is 11.4. The van der Waals surface area contributed by atoms with Crippen LogP contribution in [0.3, 0.4) is 0 Å². The molecule has 38 heavy (non-hydrogen) atoms. The summed E-state index contributed by atoms with van der Waals surface area (Å²) >= 11 is 3.75. The van der Waals surface area contributed by atoms with E-state index in [0.29, 0.717) is 39.0 Å². The van der Waals surface area contributed by atoms with Gasteiger partial charge in [0, 0.05) is 31.0 Å². The second-order valence-corrected chi connectivity index (χ2v) is 12.6. The van der Waals surface area contributed by atoms with Crippen molar-refractivity contribution in [2.45, 2.75) is 88.4 Å². The first-order chi connectivity index (χ1) is 18.1. The minimum Gasteiger partial charge on any atom is -0.394 e. The molecule has 3 fully saturated rings. The Labute approximate surface area is 236 Å². The Bertz CT molecular complexity index is 897. The molecule has 3 heterocycles. The molecular weight excluding hydrogens is 550 g/mol. The van der Waals surface area contributed by atoms with E-state index < -0.39 is 35.6 Å². The molecule has 0 aromatic rings. The zero-order valence-corrected chi connectivity index (χ0v) is 25.1. The summed E-state index contributed by atoms with van der Waals surface area (Å²) in [6, 6.07) is -1.45. The highest BCUT2D eigenvalue weighted by Gasteiger charge is 2.77. The number of carbonyl (C=O) groups is 3. The maximum Gasteiger partial charge on any atom is 0.248 e. The summed E-state index contributed by atoms with van der Waals surface area (Å²) in [7, 11) is 0. The minimum atomic E-state index is -1.13. The predicted octanol–water partition coefficient (Wildman–Crippen LogP) is 3.38. The van der Waals surface area contributed by atoms with Crippen LogP contribution in [0.2, 0.25) is 0 Å². The normalized spacial score (nSPS) is 30.4. The number of halogens is 1. The quantitative estimate of drug-likeness (QED) is 0.231. The first kappa shape index (κ1) is 30.8. The first-order valence-electron chi connectivity index (χ1n) is 14.2. The lowest BCUT2D eigenvalue weighted by Gasteiger charge is -2.40. The van der Waals surface area contributed by atoms with Gasteiger partial charge in [-0.25, -0.2) is 0 Å². The van der Waals surface area contributed by atoms with Gasteiger partial charge >= 0.3 is 0 Å². The van der Waals surface area contributed by atoms with Crippen LogP contribution in [0.1, 0.15) is 59.8 Å². The first-order valence-corrected chi connectivity index (χ1v) is 15.1. The number of nitrogens with zero attached hydrogens (tertiary/aromatic N) is 3. The van der Waals surface area contributed by atoms with E-state index in [0.717, 1.165) is 19.3 Å². The summed E-state index contributed by atoms with van der Waals surface area (Å²) in [6.45, 7) is 17.4. The van der Waals surface area contributed by atoms with Gasteiger partial charge in [-0.15, -0.1) is 13.2 Å². The molecule has 3 aliphatic heterocycles. The van der Waals surface area contributed by atoms with Crippen molar-refractivity contribution in [3.8, 4) is 0 Å². The Hall–Kier alpha value is -1.71. The van der Waals surface area contributed by atoms with Gasteiger partial charge < -0.3 is 24.5 Å². The third-order valence-corrected chi connectivity index (χ3v) is 9.04. The number of likely N-dealkylation sites (tertiary alicyclic amines) is 1. The van der Waals surface area contributed by atoms with E-state index in [1.807, 2.05) is 20.8 Å². The number of amides is 3. The lowest BCUT2D eigenvalue weighted by molar-refractivity contribution is -0.152. The zero-order chi connectivity index (χ0) is 28.2. The van der Waals surface area contributed by atoms with Crippen molar-refractivity contribution in [3.63, 3.8) is 0 Å². The number of aliphatic hydroxyl groups excluding tert-OH is 1. The van der Waals surface area contributed by atoms with Crippen molar-refractivity contribution in [1.29, 1.82) is 0 Å². The van der Waals surface area contributed by atoms with Crippen LogP contribution in [0.25, 0.3) is 0 Å². The Morgan fingerprint density at radius 1 is 1.16 bits per heavy atom. The third kappa shape index (κ3) is 5.48. The summed E-state index contributed by atoms with van der Waals surface area (Å²) < 4.78 is 6.67. The highest BCUT2D eigenvalue weighted by Crippen LogP contribution is 2.61. The van der Waals surface area contributed by atoms with E-state index in [9.17, 15) is 19.5 Å². The number of carbonyl (C=O) groups excluding carboxylic acids is 3. The van der Waals surface area contributed by atoms with Gasteiger partial charge in [-0.05, 0) is 31.6 Å². The topological polar surface area (TPSA) is 90.4 Å². The third-order valence-electron chi connectivity index (χ3n) is 8.19. The van der Waals surface area contributed by atoms with Crippen molar-refractivity contribution in [1.82, 2.24) is 14.7 Å². The van der Waals surface area contributed by atoms with Gasteiger partial charge in [0.2, 0.25) is 17.7 Å². The zero-order valence-electron chi connectivity index (χ0n) is 23.5. The minimum absolute atomic E-state index is 0.132. The molecule has 0 aromatic heterocycles. The Morgan fingerprint density at radius 3 is 2.32 bits per heavy atom. The van der Waals surface area contributed by atoms with Crippen molar-refractivity contribution in [3.05, 3.63) is 25.3 Å². The number of alkyl halides is 1. The largest absolute Gasteiger partial charge is 0.394 e. The van der Waals surface area contributed by atoms with Gasteiger partial charge in [-0.1, -0.05) is 62.2 Å². The van der Waals surface area contributed by atoms with E-state index in [1.54, 1.807) is 26.9 Å². The van der Waals surface area contributed by atoms with Gasteiger partial charge in [-0.2, -0.15) is 0 Å². The predicted molar refractivity (Wildman–Crippen MR) is 152 cm³/mol. The Kier molecular flexibility index (Phi) is 10.6. The molecule has 3 aliphatic rings. The Balaban J connectivity index is 2.12. The molecule has 3 amide bonds. The molecule has 0 radical (unpaired) electrons. The SMILES string of the molecule is C=CCN(CCCC)C(=O)C1N([C@@H](CO)CC(C)C)C(=O)[C@@H]2[C@@H](C(=O)N(CC=C)CCC)[C@@H]3OC12CC3Br. The molecule has 7 atom stereocenters. The molecule has 8 nitrogen and oxygen atoms in total. The molecule has 3 unspecified atom stereocenters. The summed E-state index contributed by atoms with van der Waals surface area (Å²) in [5, 5.41) is 10.5. The summed E-state index contributed by atoms with van der Waals surface area (Å²) in [5.41, 5.74) is -1.13. The van der Waals surface area contributed by atoms with E-state index >= 15 is 0 Å².